The third kappa shape index (κ3) is 7.60. The van der Waals surface area contributed by atoms with Crippen molar-refractivity contribution in [2.45, 2.75) is 59.3 Å². The highest BCUT2D eigenvalue weighted by molar-refractivity contribution is 6.07. The van der Waals surface area contributed by atoms with E-state index in [1.54, 1.807) is 41.5 Å². The van der Waals surface area contributed by atoms with Gasteiger partial charge in [0, 0.05) is 12.1 Å². The number of imide groups is 1. The molecule has 0 atom stereocenters. The Labute approximate surface area is 163 Å². The van der Waals surface area contributed by atoms with E-state index in [1.807, 2.05) is 0 Å². The molecule has 2 amide bonds. The number of hydrogen-bond acceptors (Lipinski definition) is 7. The molecule has 1 rings (SSSR count). The number of nitrogens with two attached hydrogens (primary N) is 1. The van der Waals surface area contributed by atoms with E-state index in [9.17, 15) is 19.7 Å². The molecule has 0 saturated carbocycles. The van der Waals surface area contributed by atoms with Gasteiger partial charge in [0.15, 0.2) is 0 Å². The molecule has 2 N–H and O–H groups in total. The Kier molecular flexibility index (Phi) is 7.09. The topological polar surface area (TPSA) is 137 Å². The zero-order valence-electron chi connectivity index (χ0n) is 16.9. The molecule has 10 nitrogen and oxygen atoms in total. The first-order chi connectivity index (χ1) is 12.7. The first kappa shape index (κ1) is 22.9. The van der Waals surface area contributed by atoms with Crippen molar-refractivity contribution in [3.63, 3.8) is 0 Å². The van der Waals surface area contributed by atoms with Gasteiger partial charge in [0.1, 0.15) is 11.2 Å². The lowest BCUT2D eigenvalue weighted by Crippen LogP contribution is -2.50. The lowest BCUT2D eigenvalue weighted by molar-refractivity contribution is -0.384. The number of benzene rings is 1. The normalized spacial score (nSPS) is 12.3. The molecule has 28 heavy (non-hydrogen) atoms. The summed E-state index contributed by atoms with van der Waals surface area (Å²) in [6.45, 7) is 9.84. The minimum Gasteiger partial charge on any atom is -0.443 e. The molecule has 154 valence electrons. The van der Waals surface area contributed by atoms with Crippen LogP contribution in [-0.4, -0.2) is 39.2 Å². The summed E-state index contributed by atoms with van der Waals surface area (Å²) in [5, 5.41) is 10.7. The number of carbonyl (C=O) groups is 2. The largest absolute Gasteiger partial charge is 0.443 e. The van der Waals surface area contributed by atoms with Crippen molar-refractivity contribution in [2.75, 3.05) is 0 Å². The smallest absolute Gasteiger partial charge is 0.427 e. The van der Waals surface area contributed by atoms with Crippen LogP contribution in [0.4, 0.5) is 15.3 Å². The second-order valence-electron chi connectivity index (χ2n) is 7.89. The van der Waals surface area contributed by atoms with Gasteiger partial charge in [0.2, 0.25) is 5.96 Å². The van der Waals surface area contributed by atoms with Crippen LogP contribution < -0.4 is 5.73 Å². The van der Waals surface area contributed by atoms with Crippen molar-refractivity contribution in [2.24, 2.45) is 10.7 Å². The second kappa shape index (κ2) is 8.68. The van der Waals surface area contributed by atoms with Crippen LogP contribution in [0.3, 0.4) is 0 Å². The van der Waals surface area contributed by atoms with Gasteiger partial charge in [-0.2, -0.15) is 0 Å². The van der Waals surface area contributed by atoms with Gasteiger partial charge >= 0.3 is 12.2 Å². The lowest BCUT2D eigenvalue weighted by Gasteiger charge is -2.27. The molecule has 10 heteroatoms. The highest BCUT2D eigenvalue weighted by atomic mass is 16.6. The Bertz CT molecular complexity index is 732. The highest BCUT2D eigenvalue weighted by Gasteiger charge is 2.33. The molecule has 0 aromatic heterocycles. The van der Waals surface area contributed by atoms with Crippen molar-refractivity contribution in [1.29, 1.82) is 0 Å². The van der Waals surface area contributed by atoms with Gasteiger partial charge in [-0.3, -0.25) is 10.1 Å². The van der Waals surface area contributed by atoms with Crippen LogP contribution in [0.15, 0.2) is 29.3 Å². The van der Waals surface area contributed by atoms with Gasteiger partial charge in [-0.1, -0.05) is 12.1 Å². The van der Waals surface area contributed by atoms with Gasteiger partial charge in [0.25, 0.3) is 5.69 Å². The van der Waals surface area contributed by atoms with Gasteiger partial charge < -0.3 is 15.2 Å². The number of ether oxygens (including phenoxy) is 2. The molecule has 0 radical (unpaired) electrons. The number of aliphatic imine (C=N–C) groups is 1. The van der Waals surface area contributed by atoms with Crippen LogP contribution in [0.1, 0.15) is 47.1 Å². The van der Waals surface area contributed by atoms with Crippen LogP contribution in [0.25, 0.3) is 0 Å². The summed E-state index contributed by atoms with van der Waals surface area (Å²) >= 11 is 0. The summed E-state index contributed by atoms with van der Waals surface area (Å²) < 4.78 is 10.4. The van der Waals surface area contributed by atoms with E-state index >= 15 is 0 Å². The first-order valence-electron chi connectivity index (χ1n) is 8.49. The van der Waals surface area contributed by atoms with Crippen LogP contribution >= 0.6 is 0 Å². The Morgan fingerprint density at radius 3 is 1.82 bits per heavy atom. The zero-order valence-corrected chi connectivity index (χ0v) is 16.9. The van der Waals surface area contributed by atoms with E-state index in [2.05, 4.69) is 4.99 Å². The lowest BCUT2D eigenvalue weighted by atomic mass is 10.2. The van der Waals surface area contributed by atoms with E-state index in [1.165, 1.54) is 24.3 Å². The van der Waals surface area contributed by atoms with Crippen molar-refractivity contribution in [1.82, 2.24) is 4.90 Å². The summed E-state index contributed by atoms with van der Waals surface area (Å²) in [7, 11) is 0. The maximum atomic E-state index is 12.4. The van der Waals surface area contributed by atoms with E-state index in [0.29, 0.717) is 10.5 Å². The molecule has 0 unspecified atom stereocenters. The fourth-order valence-corrected chi connectivity index (χ4v) is 1.84. The molecule has 1 aromatic rings. The van der Waals surface area contributed by atoms with E-state index in [-0.39, 0.29) is 12.2 Å². The minimum absolute atomic E-state index is 0.00801. The Hall–Kier alpha value is -3.17. The van der Waals surface area contributed by atoms with E-state index in [4.69, 9.17) is 15.2 Å². The molecule has 1 aromatic carbocycles. The average Bonchev–Trinajstić information content (AvgIpc) is 2.49. The number of guanidine groups is 1. The van der Waals surface area contributed by atoms with Crippen molar-refractivity contribution >= 4 is 23.8 Å². The molecule has 0 bridgehead atoms. The number of hydrogen-bond donors (Lipinski definition) is 1. The molecule has 0 fully saturated rings. The summed E-state index contributed by atoms with van der Waals surface area (Å²) in [4.78, 5) is 39.6. The quantitative estimate of drug-likeness (QED) is 0.358. The van der Waals surface area contributed by atoms with Crippen molar-refractivity contribution in [3.05, 3.63) is 39.9 Å². The monoisotopic (exact) mass is 394 g/mol. The fraction of sp³-hybridized carbons (Fsp3) is 0.500. The third-order valence-corrected chi connectivity index (χ3v) is 2.95. The predicted octanol–water partition coefficient (Wildman–Crippen LogP) is 3.58. The third-order valence-electron chi connectivity index (χ3n) is 2.95. The van der Waals surface area contributed by atoms with E-state index in [0.717, 1.165) is 0 Å². The number of amides is 2. The number of carbonyl (C=O) groups excluding carboxylic acids is 2. The van der Waals surface area contributed by atoms with Gasteiger partial charge in [0.05, 0.1) is 11.5 Å². The number of rotatable bonds is 3. The summed E-state index contributed by atoms with van der Waals surface area (Å²) in [6, 6.07) is 5.64. The van der Waals surface area contributed by atoms with Crippen molar-refractivity contribution < 1.29 is 24.0 Å². The Morgan fingerprint density at radius 2 is 1.46 bits per heavy atom. The molecular weight excluding hydrogens is 368 g/mol. The van der Waals surface area contributed by atoms with Gasteiger partial charge in [-0.15, -0.1) is 4.90 Å². The standard InChI is InChI=1S/C18H26N4O6/c1-17(2,3)27-15(23)21(16(24)28-18(4,5)6)14(19)20-11-12-7-9-13(10-8-12)22(25)26/h7-10H,11H2,1-6H3,(H2,19,20). The van der Waals surface area contributed by atoms with E-state index < -0.39 is 34.3 Å². The molecule has 0 aliphatic rings. The zero-order chi connectivity index (χ0) is 21.7. The highest BCUT2D eigenvalue weighted by Crippen LogP contribution is 2.16. The van der Waals surface area contributed by atoms with Gasteiger partial charge in [-0.25, -0.2) is 14.6 Å². The SMILES string of the molecule is CC(C)(C)OC(=O)N(C(=O)OC(C)(C)C)C(N)=NCc1ccc([N+](=O)[O-])cc1. The maximum Gasteiger partial charge on any atom is 0.427 e. The Morgan fingerprint density at radius 1 is 1.04 bits per heavy atom. The molecule has 0 saturated heterocycles. The molecular formula is C18H26N4O6. The van der Waals surface area contributed by atoms with Crippen LogP contribution in [0, 0.1) is 10.1 Å². The van der Waals surface area contributed by atoms with Crippen LogP contribution in [0.2, 0.25) is 0 Å². The van der Waals surface area contributed by atoms with Crippen molar-refractivity contribution in [3.8, 4) is 0 Å². The van der Waals surface area contributed by atoms with Crippen LogP contribution in [-0.2, 0) is 16.0 Å². The molecule has 0 spiro atoms. The van der Waals surface area contributed by atoms with Gasteiger partial charge in [-0.05, 0) is 47.1 Å². The number of nitro groups is 1. The minimum atomic E-state index is -1.02. The Balaban J connectivity index is 3.06. The molecule has 0 aliphatic heterocycles. The number of nitro benzene ring substituents is 1. The summed E-state index contributed by atoms with van der Waals surface area (Å²) in [5.41, 5.74) is 4.65. The number of nitrogens with zero attached hydrogens (tertiary/aromatic N) is 3. The summed E-state index contributed by atoms with van der Waals surface area (Å²) in [6.07, 6.45) is -2.04. The second-order valence-corrected chi connectivity index (χ2v) is 7.89. The molecule has 0 heterocycles. The maximum absolute atomic E-state index is 12.4. The van der Waals surface area contributed by atoms with Crippen LogP contribution in [0.5, 0.6) is 0 Å². The predicted molar refractivity (Wildman–Crippen MR) is 103 cm³/mol. The average molecular weight is 394 g/mol. The fourth-order valence-electron chi connectivity index (χ4n) is 1.84. The summed E-state index contributed by atoms with van der Waals surface area (Å²) in [5.74, 6) is -0.415. The first-order valence-corrected chi connectivity index (χ1v) is 8.49. The number of non-ortho nitro benzene ring substituents is 1. The molecule has 0 aliphatic carbocycles.